The van der Waals surface area contributed by atoms with Crippen molar-refractivity contribution in [2.45, 2.75) is 32.6 Å². The Morgan fingerprint density at radius 3 is 2.69 bits per heavy atom. The van der Waals surface area contributed by atoms with Gasteiger partial charge in [-0.15, -0.1) is 10.2 Å². The lowest BCUT2D eigenvalue weighted by atomic mass is 9.96. The minimum Gasteiger partial charge on any atom is -0.466 e. The van der Waals surface area contributed by atoms with E-state index in [1.54, 1.807) is 36.1 Å². The Kier molecular flexibility index (Phi) is 6.98. The number of piperidine rings is 1. The number of carbonyl (C=O) groups is 2. The molecule has 3 rings (SSSR count). The zero-order chi connectivity index (χ0) is 20.8. The van der Waals surface area contributed by atoms with Crippen molar-refractivity contribution in [1.82, 2.24) is 20.1 Å². The van der Waals surface area contributed by atoms with Gasteiger partial charge in [-0.3, -0.25) is 14.4 Å². The predicted molar refractivity (Wildman–Crippen MR) is 107 cm³/mol. The van der Waals surface area contributed by atoms with E-state index in [9.17, 15) is 14.4 Å². The summed E-state index contributed by atoms with van der Waals surface area (Å²) in [4.78, 5) is 40.9. The van der Waals surface area contributed by atoms with Crippen LogP contribution in [0.15, 0.2) is 29.1 Å². The van der Waals surface area contributed by atoms with Crippen molar-refractivity contribution >= 4 is 23.5 Å². The third-order valence-corrected chi connectivity index (χ3v) is 5.14. The molecule has 0 radical (unpaired) electrons. The monoisotopic (exact) mass is 418 g/mol. The summed E-state index contributed by atoms with van der Waals surface area (Å²) in [6.45, 7) is 3.17. The molecule has 29 heavy (non-hydrogen) atoms. The third kappa shape index (κ3) is 5.41. The number of halogens is 1. The molecule has 1 N–H and O–H groups in total. The summed E-state index contributed by atoms with van der Waals surface area (Å²) in [6, 6.07) is 6.95. The first kappa shape index (κ1) is 21.0. The summed E-state index contributed by atoms with van der Waals surface area (Å²) in [6.07, 6.45) is 1.56. The van der Waals surface area contributed by atoms with E-state index in [1.165, 1.54) is 0 Å². The molecule has 0 bridgehead atoms. The number of hydrogen-bond donors (Lipinski definition) is 1. The standard InChI is InChI=1S/C20H23ClN4O4/c1-2-29-20(28)13-8-10-25(11-9-13)17(26)7-6-16-19(27)22-18(24-23-16)14-4-3-5-15(21)12-14/h3-5,12-13H,2,6-11H2,1H3,(H,22,24,27). The Balaban J connectivity index is 1.54. The number of likely N-dealkylation sites (tertiary alicyclic amines) is 1. The summed E-state index contributed by atoms with van der Waals surface area (Å²) in [5, 5.41) is 8.57. The van der Waals surface area contributed by atoms with Crippen molar-refractivity contribution < 1.29 is 14.3 Å². The van der Waals surface area contributed by atoms with Gasteiger partial charge in [-0.25, -0.2) is 0 Å². The first-order valence-electron chi connectivity index (χ1n) is 9.64. The number of esters is 1. The number of hydrogen-bond acceptors (Lipinski definition) is 6. The van der Waals surface area contributed by atoms with Crippen LogP contribution in [0.2, 0.25) is 5.02 Å². The minimum absolute atomic E-state index is 0.0626. The maximum atomic E-state index is 12.4. The van der Waals surface area contributed by atoms with E-state index in [-0.39, 0.29) is 41.9 Å². The highest BCUT2D eigenvalue weighted by Crippen LogP contribution is 2.20. The molecule has 2 heterocycles. The first-order valence-corrected chi connectivity index (χ1v) is 10.0. The molecule has 0 unspecified atom stereocenters. The van der Waals surface area contributed by atoms with Crippen LogP contribution in [-0.2, 0) is 20.7 Å². The van der Waals surface area contributed by atoms with E-state index >= 15 is 0 Å². The number of aromatic nitrogens is 3. The summed E-state index contributed by atoms with van der Waals surface area (Å²) in [5.41, 5.74) is 0.503. The summed E-state index contributed by atoms with van der Waals surface area (Å²) < 4.78 is 5.04. The van der Waals surface area contributed by atoms with Crippen molar-refractivity contribution in [3.8, 4) is 11.4 Å². The number of aryl methyl sites for hydroxylation is 1. The van der Waals surface area contributed by atoms with Gasteiger partial charge in [0.25, 0.3) is 5.56 Å². The molecule has 1 saturated heterocycles. The molecule has 2 aromatic rings. The molecule has 1 amide bonds. The van der Waals surface area contributed by atoms with Crippen LogP contribution in [0.4, 0.5) is 0 Å². The molecule has 0 spiro atoms. The van der Waals surface area contributed by atoms with Crippen molar-refractivity contribution in [3.63, 3.8) is 0 Å². The van der Waals surface area contributed by atoms with Gasteiger partial charge in [0.05, 0.1) is 12.5 Å². The van der Waals surface area contributed by atoms with Gasteiger partial charge < -0.3 is 14.6 Å². The zero-order valence-electron chi connectivity index (χ0n) is 16.2. The van der Waals surface area contributed by atoms with E-state index in [0.29, 0.717) is 48.9 Å². The second-order valence-electron chi connectivity index (χ2n) is 6.87. The molecule has 0 aliphatic carbocycles. The van der Waals surface area contributed by atoms with E-state index in [0.717, 1.165) is 0 Å². The Hall–Kier alpha value is -2.74. The van der Waals surface area contributed by atoms with Crippen LogP contribution in [0.5, 0.6) is 0 Å². The lowest BCUT2D eigenvalue weighted by Crippen LogP contribution is -2.40. The molecule has 1 aliphatic heterocycles. The van der Waals surface area contributed by atoms with Gasteiger partial charge in [0.2, 0.25) is 5.91 Å². The maximum Gasteiger partial charge on any atom is 0.309 e. The molecule has 0 saturated carbocycles. The van der Waals surface area contributed by atoms with Gasteiger partial charge in [-0.2, -0.15) is 0 Å². The maximum absolute atomic E-state index is 12.4. The van der Waals surface area contributed by atoms with Gasteiger partial charge in [-0.1, -0.05) is 23.7 Å². The van der Waals surface area contributed by atoms with Crippen molar-refractivity contribution in [2.75, 3.05) is 19.7 Å². The number of benzene rings is 1. The number of aromatic amines is 1. The Morgan fingerprint density at radius 2 is 2.03 bits per heavy atom. The Bertz CT molecular complexity index is 938. The second kappa shape index (κ2) is 9.65. The lowest BCUT2D eigenvalue weighted by molar-refractivity contribution is -0.151. The fraction of sp³-hybridized carbons (Fsp3) is 0.450. The van der Waals surface area contributed by atoms with Crippen molar-refractivity contribution in [2.24, 2.45) is 5.92 Å². The summed E-state index contributed by atoms with van der Waals surface area (Å²) in [5.74, 6) is -0.0750. The van der Waals surface area contributed by atoms with Gasteiger partial charge in [0, 0.05) is 36.5 Å². The number of H-pyrrole nitrogens is 1. The normalized spacial score (nSPS) is 14.6. The molecule has 1 aliphatic rings. The molecular formula is C20H23ClN4O4. The van der Waals surface area contributed by atoms with Crippen molar-refractivity contribution in [3.05, 3.63) is 45.3 Å². The highest BCUT2D eigenvalue weighted by Gasteiger charge is 2.28. The predicted octanol–water partition coefficient (Wildman–Crippen LogP) is 2.22. The van der Waals surface area contributed by atoms with Crippen LogP contribution in [-0.4, -0.2) is 51.7 Å². The highest BCUT2D eigenvalue weighted by atomic mass is 35.5. The average Bonchev–Trinajstić information content (AvgIpc) is 2.73. The largest absolute Gasteiger partial charge is 0.466 e. The topological polar surface area (TPSA) is 105 Å². The fourth-order valence-corrected chi connectivity index (χ4v) is 3.49. The molecule has 1 fully saturated rings. The number of amides is 1. The van der Waals surface area contributed by atoms with Gasteiger partial charge >= 0.3 is 5.97 Å². The summed E-state index contributed by atoms with van der Waals surface area (Å²) in [7, 11) is 0. The van der Waals surface area contributed by atoms with E-state index < -0.39 is 0 Å². The lowest BCUT2D eigenvalue weighted by Gasteiger charge is -2.30. The molecule has 154 valence electrons. The van der Waals surface area contributed by atoms with Crippen LogP contribution in [0.1, 0.15) is 31.9 Å². The zero-order valence-corrected chi connectivity index (χ0v) is 16.9. The Labute approximate surface area is 173 Å². The summed E-state index contributed by atoms with van der Waals surface area (Å²) >= 11 is 5.96. The van der Waals surface area contributed by atoms with Crippen LogP contribution in [0, 0.1) is 5.92 Å². The quantitative estimate of drug-likeness (QED) is 0.721. The van der Waals surface area contributed by atoms with E-state index in [4.69, 9.17) is 16.3 Å². The van der Waals surface area contributed by atoms with Crippen LogP contribution in [0.3, 0.4) is 0 Å². The third-order valence-electron chi connectivity index (χ3n) is 4.91. The van der Waals surface area contributed by atoms with Crippen LogP contribution >= 0.6 is 11.6 Å². The van der Waals surface area contributed by atoms with Gasteiger partial charge in [0.1, 0.15) is 5.69 Å². The number of ether oxygens (including phenoxy) is 1. The minimum atomic E-state index is -0.371. The molecule has 9 heteroatoms. The molecule has 1 aromatic carbocycles. The molecule has 1 aromatic heterocycles. The number of nitrogens with zero attached hydrogens (tertiary/aromatic N) is 3. The second-order valence-corrected chi connectivity index (χ2v) is 7.30. The van der Waals surface area contributed by atoms with Crippen LogP contribution < -0.4 is 5.56 Å². The fourth-order valence-electron chi connectivity index (χ4n) is 3.30. The molecule has 8 nitrogen and oxygen atoms in total. The Morgan fingerprint density at radius 1 is 1.28 bits per heavy atom. The van der Waals surface area contributed by atoms with Gasteiger partial charge in [0.15, 0.2) is 5.82 Å². The molecule has 0 atom stereocenters. The van der Waals surface area contributed by atoms with Gasteiger partial charge in [-0.05, 0) is 31.9 Å². The number of rotatable bonds is 6. The highest BCUT2D eigenvalue weighted by molar-refractivity contribution is 6.30. The first-order chi connectivity index (χ1) is 14.0. The molecular weight excluding hydrogens is 396 g/mol. The number of carbonyl (C=O) groups excluding carboxylic acids is 2. The SMILES string of the molecule is CCOC(=O)C1CCN(C(=O)CCc2nnc(-c3cccc(Cl)c3)[nH]c2=O)CC1. The number of nitrogens with one attached hydrogen (secondary N) is 1. The van der Waals surface area contributed by atoms with E-state index in [2.05, 4.69) is 15.2 Å². The average molecular weight is 419 g/mol. The smallest absolute Gasteiger partial charge is 0.309 e. The van der Waals surface area contributed by atoms with Crippen LogP contribution in [0.25, 0.3) is 11.4 Å². The van der Waals surface area contributed by atoms with Crippen molar-refractivity contribution in [1.29, 1.82) is 0 Å². The van der Waals surface area contributed by atoms with E-state index in [1.807, 2.05) is 0 Å².